The summed E-state index contributed by atoms with van der Waals surface area (Å²) in [7, 11) is 1.23. The zero-order valence-corrected chi connectivity index (χ0v) is 16.2. The van der Waals surface area contributed by atoms with Gasteiger partial charge in [0.2, 0.25) is 0 Å². The fraction of sp³-hybridized carbons (Fsp3) is 0.450. The lowest BCUT2D eigenvalue weighted by Gasteiger charge is -2.37. The van der Waals surface area contributed by atoms with Crippen molar-refractivity contribution in [3.05, 3.63) is 47.8 Å². The van der Waals surface area contributed by atoms with E-state index >= 15 is 0 Å². The van der Waals surface area contributed by atoms with E-state index in [1.807, 2.05) is 13.8 Å². The number of cyclic esters (lactones) is 2. The molecule has 0 aromatic carbocycles. The predicted molar refractivity (Wildman–Crippen MR) is 96.0 cm³/mol. The summed E-state index contributed by atoms with van der Waals surface area (Å²) in [5.74, 6) is -1.48. The van der Waals surface area contributed by atoms with Gasteiger partial charge in [-0.3, -0.25) is 4.79 Å². The van der Waals surface area contributed by atoms with E-state index in [0.717, 1.165) is 6.26 Å². The first-order valence-corrected chi connectivity index (χ1v) is 8.43. The lowest BCUT2D eigenvalue weighted by molar-refractivity contribution is -0.152. The summed E-state index contributed by atoms with van der Waals surface area (Å²) in [5.41, 5.74) is -0.499. The van der Waals surface area contributed by atoms with Crippen LogP contribution in [0.25, 0.3) is 0 Å². The number of methoxy groups -OCH3 is 1. The summed E-state index contributed by atoms with van der Waals surface area (Å²) in [6.45, 7) is 11.1. The van der Waals surface area contributed by atoms with Gasteiger partial charge in [0.1, 0.15) is 6.26 Å². The van der Waals surface area contributed by atoms with Gasteiger partial charge in [-0.2, -0.15) is 0 Å². The third-order valence-corrected chi connectivity index (χ3v) is 4.68. The summed E-state index contributed by atoms with van der Waals surface area (Å²) in [5, 5.41) is 0. The highest BCUT2D eigenvalue weighted by molar-refractivity contribution is 5.91. The SMILES string of the molecule is C=C(C)[C@]1(/C=C/C(=C\O[C@H]2C=C(C)C(=O)O2)C(=O)OC)OC(=O)CC1(C)C. The van der Waals surface area contributed by atoms with Crippen LogP contribution in [0.15, 0.2) is 47.8 Å². The van der Waals surface area contributed by atoms with Gasteiger partial charge in [-0.15, -0.1) is 0 Å². The average molecular weight is 376 g/mol. The highest BCUT2D eigenvalue weighted by atomic mass is 16.7. The van der Waals surface area contributed by atoms with Crippen LogP contribution in [-0.4, -0.2) is 36.9 Å². The second-order valence-electron chi connectivity index (χ2n) is 7.21. The van der Waals surface area contributed by atoms with Gasteiger partial charge in [0.25, 0.3) is 6.29 Å². The van der Waals surface area contributed by atoms with E-state index in [4.69, 9.17) is 18.9 Å². The van der Waals surface area contributed by atoms with E-state index in [1.165, 1.54) is 19.3 Å². The van der Waals surface area contributed by atoms with Crippen LogP contribution in [-0.2, 0) is 33.3 Å². The van der Waals surface area contributed by atoms with Crippen LogP contribution < -0.4 is 0 Å². The van der Waals surface area contributed by atoms with Gasteiger partial charge in [-0.25, -0.2) is 9.59 Å². The fourth-order valence-corrected chi connectivity index (χ4v) is 3.11. The van der Waals surface area contributed by atoms with Crippen LogP contribution >= 0.6 is 0 Å². The molecular weight excluding hydrogens is 352 g/mol. The molecule has 0 amide bonds. The lowest BCUT2D eigenvalue weighted by Crippen LogP contribution is -2.40. The molecule has 7 nitrogen and oxygen atoms in total. The van der Waals surface area contributed by atoms with Crippen LogP contribution in [0.3, 0.4) is 0 Å². The van der Waals surface area contributed by atoms with Crippen LogP contribution in [0, 0.1) is 5.41 Å². The smallest absolute Gasteiger partial charge is 0.340 e. The number of hydrogen-bond donors (Lipinski definition) is 0. The summed E-state index contributed by atoms with van der Waals surface area (Å²) < 4.78 is 20.6. The summed E-state index contributed by atoms with van der Waals surface area (Å²) >= 11 is 0. The average Bonchev–Trinajstić information content (AvgIpc) is 3.02. The molecule has 0 saturated carbocycles. The fourth-order valence-electron chi connectivity index (χ4n) is 3.11. The van der Waals surface area contributed by atoms with Crippen LogP contribution in [0.1, 0.15) is 34.1 Å². The Morgan fingerprint density at radius 1 is 1.37 bits per heavy atom. The molecule has 2 aliphatic heterocycles. The number of esters is 3. The molecule has 0 N–H and O–H groups in total. The summed E-state index contributed by atoms with van der Waals surface area (Å²) in [6, 6.07) is 0. The minimum Gasteiger partial charge on any atom is -0.465 e. The zero-order valence-electron chi connectivity index (χ0n) is 16.2. The molecule has 27 heavy (non-hydrogen) atoms. The van der Waals surface area contributed by atoms with Crippen molar-refractivity contribution in [2.24, 2.45) is 5.41 Å². The quantitative estimate of drug-likeness (QED) is 0.176. The molecule has 7 heteroatoms. The van der Waals surface area contributed by atoms with E-state index in [2.05, 4.69) is 6.58 Å². The molecular formula is C20H24O7. The van der Waals surface area contributed by atoms with Crippen molar-refractivity contribution in [3.8, 4) is 0 Å². The van der Waals surface area contributed by atoms with Crippen LogP contribution in [0.2, 0.25) is 0 Å². The minimum atomic E-state index is -1.06. The van der Waals surface area contributed by atoms with E-state index < -0.39 is 29.2 Å². The molecule has 2 heterocycles. The van der Waals surface area contributed by atoms with Crippen molar-refractivity contribution in [3.63, 3.8) is 0 Å². The van der Waals surface area contributed by atoms with Crippen molar-refractivity contribution >= 4 is 17.9 Å². The molecule has 146 valence electrons. The van der Waals surface area contributed by atoms with Gasteiger partial charge >= 0.3 is 17.9 Å². The predicted octanol–water partition coefficient (Wildman–Crippen LogP) is 2.73. The summed E-state index contributed by atoms with van der Waals surface area (Å²) in [4.78, 5) is 35.3. The molecule has 0 aromatic rings. The molecule has 1 fully saturated rings. The Labute approximate surface area is 158 Å². The van der Waals surface area contributed by atoms with E-state index in [9.17, 15) is 14.4 Å². The van der Waals surface area contributed by atoms with Gasteiger partial charge < -0.3 is 18.9 Å². The first-order valence-electron chi connectivity index (χ1n) is 8.43. The topological polar surface area (TPSA) is 88.1 Å². The molecule has 2 aliphatic rings. The normalized spacial score (nSPS) is 27.2. The molecule has 0 unspecified atom stereocenters. The maximum Gasteiger partial charge on any atom is 0.340 e. The Kier molecular flexibility index (Phi) is 5.63. The van der Waals surface area contributed by atoms with Crippen LogP contribution in [0.5, 0.6) is 0 Å². The summed E-state index contributed by atoms with van der Waals surface area (Å²) in [6.07, 6.45) is 5.00. The number of carbonyl (C=O) groups is 3. The monoisotopic (exact) mass is 376 g/mol. The van der Waals surface area contributed by atoms with Crippen molar-refractivity contribution in [1.29, 1.82) is 0 Å². The minimum absolute atomic E-state index is 0.0610. The van der Waals surface area contributed by atoms with Gasteiger partial charge in [-0.05, 0) is 31.6 Å². The van der Waals surface area contributed by atoms with Crippen molar-refractivity contribution in [1.82, 2.24) is 0 Å². The molecule has 2 atom stereocenters. The highest BCUT2D eigenvalue weighted by Crippen LogP contribution is 2.48. The van der Waals surface area contributed by atoms with E-state index in [-0.39, 0.29) is 18.0 Å². The van der Waals surface area contributed by atoms with Crippen LogP contribution in [0.4, 0.5) is 0 Å². The zero-order chi connectivity index (χ0) is 20.4. The van der Waals surface area contributed by atoms with Crippen molar-refractivity contribution in [2.75, 3.05) is 7.11 Å². The molecule has 0 aliphatic carbocycles. The van der Waals surface area contributed by atoms with Gasteiger partial charge in [0.05, 0.1) is 19.1 Å². The third kappa shape index (κ3) is 3.97. The molecule has 0 aromatic heterocycles. The highest BCUT2D eigenvalue weighted by Gasteiger charge is 2.54. The second-order valence-corrected chi connectivity index (χ2v) is 7.21. The maximum absolute atomic E-state index is 12.1. The van der Waals surface area contributed by atoms with Gasteiger partial charge in [0, 0.05) is 17.1 Å². The molecule has 2 rings (SSSR count). The molecule has 0 spiro atoms. The first kappa shape index (κ1) is 20.5. The van der Waals surface area contributed by atoms with E-state index in [0.29, 0.717) is 11.1 Å². The molecule has 0 bridgehead atoms. The maximum atomic E-state index is 12.1. The first-order chi connectivity index (χ1) is 12.5. The van der Waals surface area contributed by atoms with E-state index in [1.54, 1.807) is 19.9 Å². The Bertz CT molecular complexity index is 769. The van der Waals surface area contributed by atoms with Gasteiger partial charge in [0.15, 0.2) is 5.60 Å². The Hall–Kier alpha value is -2.83. The number of carbonyl (C=O) groups excluding carboxylic acids is 3. The molecule has 1 saturated heterocycles. The van der Waals surface area contributed by atoms with Crippen molar-refractivity contribution < 1.29 is 33.3 Å². The Morgan fingerprint density at radius 3 is 2.48 bits per heavy atom. The number of hydrogen-bond acceptors (Lipinski definition) is 7. The second kappa shape index (κ2) is 7.42. The Morgan fingerprint density at radius 2 is 2.04 bits per heavy atom. The number of rotatable bonds is 6. The third-order valence-electron chi connectivity index (χ3n) is 4.68. The number of ether oxygens (including phenoxy) is 4. The largest absolute Gasteiger partial charge is 0.465 e. The Balaban J connectivity index is 2.30. The standard InChI is InChI=1S/C20H24O7/c1-12(2)20(19(4,5)10-15(21)27-20)8-7-14(18(23)24-6)11-25-16-9-13(3)17(22)26-16/h7-9,11,16H,1,10H2,2-6H3/b8-7+,14-11+/t16-,20+/m1/s1. The molecule has 0 radical (unpaired) electrons. The van der Waals surface area contributed by atoms with Crippen molar-refractivity contribution in [2.45, 2.75) is 46.0 Å². The van der Waals surface area contributed by atoms with Gasteiger partial charge in [-0.1, -0.05) is 20.4 Å². The lowest BCUT2D eigenvalue weighted by atomic mass is 9.71.